The van der Waals surface area contributed by atoms with Crippen LogP contribution in [0.4, 0.5) is 11.4 Å². The summed E-state index contributed by atoms with van der Waals surface area (Å²) in [4.78, 5) is 17.3. The number of piperazine rings is 1. The third-order valence-electron chi connectivity index (χ3n) is 6.00. The largest absolute Gasteiger partial charge is 0.497 e. The molecule has 1 heterocycles. The van der Waals surface area contributed by atoms with Crippen LogP contribution in [-0.4, -0.2) is 59.1 Å². The summed E-state index contributed by atoms with van der Waals surface area (Å²) in [5.74, 6) is 0.586. The number of nitrogens with zero attached hydrogens (tertiary/aromatic N) is 3. The van der Waals surface area contributed by atoms with Crippen LogP contribution in [0.15, 0.2) is 83.8 Å². The summed E-state index contributed by atoms with van der Waals surface area (Å²) in [5, 5.41) is 0. The minimum absolute atomic E-state index is 0.160. The Morgan fingerprint density at radius 3 is 2.09 bits per heavy atom. The Balaban J connectivity index is 1.49. The van der Waals surface area contributed by atoms with Crippen LogP contribution in [0.1, 0.15) is 5.56 Å². The highest BCUT2D eigenvalue weighted by atomic mass is 32.2. The Morgan fingerprint density at radius 1 is 0.882 bits per heavy atom. The molecule has 0 saturated carbocycles. The van der Waals surface area contributed by atoms with Gasteiger partial charge in [-0.1, -0.05) is 35.9 Å². The number of amides is 1. The van der Waals surface area contributed by atoms with Gasteiger partial charge < -0.3 is 14.5 Å². The average Bonchev–Trinajstić information content (AvgIpc) is 2.88. The van der Waals surface area contributed by atoms with Crippen molar-refractivity contribution < 1.29 is 17.9 Å². The molecule has 8 heteroatoms. The molecule has 0 atom stereocenters. The van der Waals surface area contributed by atoms with Gasteiger partial charge in [0.2, 0.25) is 5.91 Å². The average molecular weight is 480 g/mol. The van der Waals surface area contributed by atoms with Crippen LogP contribution >= 0.6 is 0 Å². The van der Waals surface area contributed by atoms with E-state index in [1.807, 2.05) is 43.3 Å². The Morgan fingerprint density at radius 2 is 1.50 bits per heavy atom. The fraction of sp³-hybridized carbons (Fsp3) is 0.269. The van der Waals surface area contributed by atoms with Crippen molar-refractivity contribution in [1.29, 1.82) is 0 Å². The fourth-order valence-corrected chi connectivity index (χ4v) is 5.41. The van der Waals surface area contributed by atoms with Crippen molar-refractivity contribution in [3.05, 3.63) is 84.4 Å². The second kappa shape index (κ2) is 10.2. The highest BCUT2D eigenvalue weighted by Gasteiger charge is 2.30. The summed E-state index contributed by atoms with van der Waals surface area (Å²) in [6.07, 6.45) is 0. The number of hydrogen-bond donors (Lipinski definition) is 0. The first-order valence-electron chi connectivity index (χ1n) is 11.2. The molecule has 0 spiro atoms. The van der Waals surface area contributed by atoms with Crippen molar-refractivity contribution in [3.8, 4) is 5.75 Å². The normalized spacial score (nSPS) is 14.1. The second-order valence-corrected chi connectivity index (χ2v) is 10.1. The second-order valence-electron chi connectivity index (χ2n) is 8.23. The monoisotopic (exact) mass is 479 g/mol. The molecule has 0 radical (unpaired) electrons. The summed E-state index contributed by atoms with van der Waals surface area (Å²) in [6.45, 7) is 4.09. The van der Waals surface area contributed by atoms with Gasteiger partial charge in [0.25, 0.3) is 10.0 Å². The highest BCUT2D eigenvalue weighted by molar-refractivity contribution is 7.92. The predicted octanol–water partition coefficient (Wildman–Crippen LogP) is 3.55. The molecular weight excluding hydrogens is 450 g/mol. The maximum Gasteiger partial charge on any atom is 0.264 e. The molecule has 1 fully saturated rings. The van der Waals surface area contributed by atoms with Gasteiger partial charge in [0.15, 0.2) is 0 Å². The molecule has 0 aromatic heterocycles. The summed E-state index contributed by atoms with van der Waals surface area (Å²) < 4.78 is 33.4. The van der Waals surface area contributed by atoms with Crippen LogP contribution in [0.3, 0.4) is 0 Å². The maximum absolute atomic E-state index is 13.5. The quantitative estimate of drug-likeness (QED) is 0.518. The van der Waals surface area contributed by atoms with E-state index in [-0.39, 0.29) is 17.3 Å². The van der Waals surface area contributed by atoms with E-state index >= 15 is 0 Å². The maximum atomic E-state index is 13.5. The van der Waals surface area contributed by atoms with E-state index in [9.17, 15) is 13.2 Å². The van der Waals surface area contributed by atoms with Gasteiger partial charge in [-0.25, -0.2) is 8.42 Å². The molecule has 3 aromatic carbocycles. The number of anilines is 2. The predicted molar refractivity (Wildman–Crippen MR) is 134 cm³/mol. The van der Waals surface area contributed by atoms with Crippen molar-refractivity contribution >= 4 is 27.3 Å². The summed E-state index contributed by atoms with van der Waals surface area (Å²) in [7, 11) is -2.26. The molecule has 0 unspecified atom stereocenters. The number of benzene rings is 3. The van der Waals surface area contributed by atoms with Crippen molar-refractivity contribution in [1.82, 2.24) is 4.90 Å². The number of carbonyl (C=O) groups excluding carboxylic acids is 1. The van der Waals surface area contributed by atoms with E-state index in [1.54, 1.807) is 54.5 Å². The molecular formula is C26H29N3O4S. The Hall–Kier alpha value is -3.52. The Kier molecular flexibility index (Phi) is 7.07. The molecule has 7 nitrogen and oxygen atoms in total. The molecule has 1 aliphatic heterocycles. The van der Waals surface area contributed by atoms with E-state index in [4.69, 9.17) is 4.74 Å². The minimum Gasteiger partial charge on any atom is -0.497 e. The summed E-state index contributed by atoms with van der Waals surface area (Å²) in [5.41, 5.74) is 2.56. The van der Waals surface area contributed by atoms with Crippen molar-refractivity contribution in [2.24, 2.45) is 0 Å². The van der Waals surface area contributed by atoms with Gasteiger partial charge in [0, 0.05) is 31.9 Å². The molecule has 0 bridgehead atoms. The van der Waals surface area contributed by atoms with E-state index in [0.29, 0.717) is 31.9 Å². The van der Waals surface area contributed by atoms with Crippen molar-refractivity contribution in [2.75, 3.05) is 49.0 Å². The van der Waals surface area contributed by atoms with E-state index in [2.05, 4.69) is 4.90 Å². The van der Waals surface area contributed by atoms with Crippen LogP contribution in [0.25, 0.3) is 0 Å². The zero-order valence-electron chi connectivity index (χ0n) is 19.4. The topological polar surface area (TPSA) is 70.2 Å². The van der Waals surface area contributed by atoms with E-state index in [1.165, 1.54) is 4.31 Å². The van der Waals surface area contributed by atoms with Crippen molar-refractivity contribution in [3.63, 3.8) is 0 Å². The van der Waals surface area contributed by atoms with Crippen LogP contribution in [0.2, 0.25) is 0 Å². The molecule has 0 aliphatic carbocycles. The van der Waals surface area contributed by atoms with Crippen molar-refractivity contribution in [2.45, 2.75) is 11.8 Å². The number of hydrogen-bond acceptors (Lipinski definition) is 5. The number of methoxy groups -OCH3 is 1. The first kappa shape index (κ1) is 23.6. The third kappa shape index (κ3) is 5.17. The first-order chi connectivity index (χ1) is 16.4. The number of rotatable bonds is 7. The lowest BCUT2D eigenvalue weighted by Gasteiger charge is -2.37. The lowest BCUT2D eigenvalue weighted by Crippen LogP contribution is -2.52. The smallest absolute Gasteiger partial charge is 0.264 e. The SMILES string of the molecule is COc1ccc(N2CCN(C(=O)CN(c3ccc(C)cc3)S(=O)(=O)c3ccccc3)CC2)cc1. The number of ether oxygens (including phenoxy) is 1. The molecule has 1 amide bonds. The molecule has 0 N–H and O–H groups in total. The highest BCUT2D eigenvalue weighted by Crippen LogP contribution is 2.25. The van der Waals surface area contributed by atoms with Gasteiger partial charge in [-0.2, -0.15) is 0 Å². The van der Waals surface area contributed by atoms with Gasteiger partial charge >= 0.3 is 0 Å². The van der Waals surface area contributed by atoms with Gasteiger partial charge in [0.1, 0.15) is 12.3 Å². The number of carbonyl (C=O) groups is 1. The molecule has 34 heavy (non-hydrogen) atoms. The Bertz CT molecular complexity index is 1210. The van der Waals surface area contributed by atoms with Gasteiger partial charge in [-0.15, -0.1) is 0 Å². The van der Waals surface area contributed by atoms with Crippen LogP contribution in [0, 0.1) is 6.92 Å². The van der Waals surface area contributed by atoms with Gasteiger partial charge in [-0.3, -0.25) is 9.10 Å². The first-order valence-corrected chi connectivity index (χ1v) is 12.6. The fourth-order valence-electron chi connectivity index (χ4n) is 3.98. The lowest BCUT2D eigenvalue weighted by atomic mass is 10.2. The molecule has 1 saturated heterocycles. The van der Waals surface area contributed by atoms with E-state index < -0.39 is 10.0 Å². The van der Waals surface area contributed by atoms with Crippen LogP contribution in [-0.2, 0) is 14.8 Å². The number of aryl methyl sites for hydroxylation is 1. The summed E-state index contributed by atoms with van der Waals surface area (Å²) in [6, 6.07) is 23.2. The third-order valence-corrected chi connectivity index (χ3v) is 7.79. The zero-order chi connectivity index (χ0) is 24.1. The standard InChI is InChI=1S/C26H29N3O4S/c1-21-8-10-23(11-9-21)29(34(31,32)25-6-4-3-5-7-25)20-26(30)28-18-16-27(17-19-28)22-12-14-24(33-2)15-13-22/h3-15H,16-20H2,1-2H3. The molecule has 4 rings (SSSR count). The summed E-state index contributed by atoms with van der Waals surface area (Å²) >= 11 is 0. The van der Waals surface area contributed by atoms with Crippen LogP contribution in [0.5, 0.6) is 5.75 Å². The zero-order valence-corrected chi connectivity index (χ0v) is 20.2. The lowest BCUT2D eigenvalue weighted by molar-refractivity contribution is -0.129. The minimum atomic E-state index is -3.90. The van der Waals surface area contributed by atoms with E-state index in [0.717, 1.165) is 17.0 Å². The Labute approximate surface area is 201 Å². The molecule has 178 valence electrons. The van der Waals surface area contributed by atoms with Gasteiger partial charge in [0.05, 0.1) is 17.7 Å². The molecule has 1 aliphatic rings. The van der Waals surface area contributed by atoms with Gasteiger partial charge in [-0.05, 0) is 55.5 Å². The molecule has 3 aromatic rings. The number of sulfonamides is 1. The van der Waals surface area contributed by atoms with Crippen LogP contribution < -0.4 is 13.9 Å².